The van der Waals surface area contributed by atoms with E-state index in [2.05, 4.69) is 35.4 Å². The predicted octanol–water partition coefficient (Wildman–Crippen LogP) is 4.14. The molecular weight excluding hydrogens is 356 g/mol. The fourth-order valence-corrected chi connectivity index (χ4v) is 2.79. The molecule has 0 fully saturated rings. The Morgan fingerprint density at radius 1 is 1.07 bits per heavy atom. The standard InChI is InChI=1S/C22H22N2O4/c1-15-4-3-5-16(10-15)12-23-21-9-7-18(13-24-21)17-6-8-19(27-2)20(11-17)28-14-22(25)26/h3-11,13H,12,14H2,1-2H3,(H,23,24)(H,25,26). The molecule has 1 heterocycles. The van der Waals surface area contributed by atoms with Crippen LogP contribution < -0.4 is 14.8 Å². The number of ether oxygens (including phenoxy) is 2. The van der Waals surface area contributed by atoms with Crippen LogP contribution in [0.1, 0.15) is 11.1 Å². The number of hydrogen-bond donors (Lipinski definition) is 2. The van der Waals surface area contributed by atoms with Gasteiger partial charge in [-0.3, -0.25) is 0 Å². The van der Waals surface area contributed by atoms with E-state index < -0.39 is 12.6 Å². The van der Waals surface area contributed by atoms with Crippen molar-refractivity contribution in [3.05, 3.63) is 71.9 Å². The van der Waals surface area contributed by atoms with Gasteiger partial charge in [-0.05, 0) is 42.3 Å². The molecule has 3 rings (SSSR count). The van der Waals surface area contributed by atoms with Gasteiger partial charge in [0.15, 0.2) is 18.1 Å². The molecule has 0 aliphatic carbocycles. The van der Waals surface area contributed by atoms with Gasteiger partial charge in [0.2, 0.25) is 0 Å². The van der Waals surface area contributed by atoms with E-state index in [0.29, 0.717) is 18.0 Å². The maximum Gasteiger partial charge on any atom is 0.341 e. The highest BCUT2D eigenvalue weighted by Gasteiger charge is 2.09. The van der Waals surface area contributed by atoms with Crippen LogP contribution in [0.5, 0.6) is 11.5 Å². The summed E-state index contributed by atoms with van der Waals surface area (Å²) in [6.07, 6.45) is 1.77. The highest BCUT2D eigenvalue weighted by Crippen LogP contribution is 2.32. The first-order valence-electron chi connectivity index (χ1n) is 8.83. The lowest BCUT2D eigenvalue weighted by Gasteiger charge is -2.12. The van der Waals surface area contributed by atoms with Crippen molar-refractivity contribution in [1.29, 1.82) is 0 Å². The lowest BCUT2D eigenvalue weighted by Crippen LogP contribution is -2.10. The molecule has 0 amide bonds. The Balaban J connectivity index is 1.71. The minimum Gasteiger partial charge on any atom is -0.493 e. The summed E-state index contributed by atoms with van der Waals surface area (Å²) in [5.41, 5.74) is 4.17. The zero-order chi connectivity index (χ0) is 19.9. The van der Waals surface area contributed by atoms with Crippen molar-refractivity contribution in [3.63, 3.8) is 0 Å². The van der Waals surface area contributed by atoms with Crippen LogP contribution in [-0.4, -0.2) is 29.8 Å². The molecule has 0 radical (unpaired) electrons. The van der Waals surface area contributed by atoms with Crippen molar-refractivity contribution in [1.82, 2.24) is 4.98 Å². The van der Waals surface area contributed by atoms with Crippen LogP contribution in [0, 0.1) is 6.92 Å². The molecule has 0 spiro atoms. The van der Waals surface area contributed by atoms with Crippen molar-refractivity contribution in [3.8, 4) is 22.6 Å². The topological polar surface area (TPSA) is 80.7 Å². The quantitative estimate of drug-likeness (QED) is 0.613. The minimum absolute atomic E-state index is 0.379. The fraction of sp³-hybridized carbons (Fsp3) is 0.182. The fourth-order valence-electron chi connectivity index (χ4n) is 2.79. The highest BCUT2D eigenvalue weighted by atomic mass is 16.5. The molecule has 2 N–H and O–H groups in total. The molecule has 1 aromatic heterocycles. The summed E-state index contributed by atoms with van der Waals surface area (Å²) in [6.45, 7) is 2.34. The SMILES string of the molecule is COc1ccc(-c2ccc(NCc3cccc(C)c3)nc2)cc1OCC(=O)O. The Labute approximate surface area is 163 Å². The van der Waals surface area contributed by atoms with Crippen molar-refractivity contribution in [2.75, 3.05) is 19.0 Å². The zero-order valence-electron chi connectivity index (χ0n) is 15.8. The Morgan fingerprint density at radius 3 is 2.57 bits per heavy atom. The number of rotatable bonds is 8. The number of hydrogen-bond acceptors (Lipinski definition) is 5. The lowest BCUT2D eigenvalue weighted by atomic mass is 10.1. The lowest BCUT2D eigenvalue weighted by molar-refractivity contribution is -0.139. The van der Waals surface area contributed by atoms with Gasteiger partial charge in [0, 0.05) is 18.3 Å². The molecule has 6 nitrogen and oxygen atoms in total. The van der Waals surface area contributed by atoms with Crippen molar-refractivity contribution in [2.45, 2.75) is 13.5 Å². The summed E-state index contributed by atoms with van der Waals surface area (Å²) in [4.78, 5) is 15.2. The van der Waals surface area contributed by atoms with E-state index in [9.17, 15) is 4.79 Å². The number of carbonyl (C=O) groups is 1. The van der Waals surface area contributed by atoms with Crippen LogP contribution in [0.3, 0.4) is 0 Å². The number of pyridine rings is 1. The second-order valence-corrected chi connectivity index (χ2v) is 6.32. The highest BCUT2D eigenvalue weighted by molar-refractivity contribution is 5.70. The Kier molecular flexibility index (Phi) is 6.11. The van der Waals surface area contributed by atoms with Crippen LogP contribution in [0.15, 0.2) is 60.8 Å². The van der Waals surface area contributed by atoms with Gasteiger partial charge >= 0.3 is 5.97 Å². The summed E-state index contributed by atoms with van der Waals surface area (Å²) in [5.74, 6) is 0.595. The van der Waals surface area contributed by atoms with Crippen LogP contribution in [0.4, 0.5) is 5.82 Å². The first kappa shape index (κ1) is 19.2. The number of anilines is 1. The number of nitrogens with one attached hydrogen (secondary N) is 1. The smallest absolute Gasteiger partial charge is 0.341 e. The number of aliphatic carboxylic acids is 1. The summed E-state index contributed by atoms with van der Waals surface area (Å²) in [6, 6.07) is 17.6. The molecule has 2 aromatic carbocycles. The molecule has 6 heteroatoms. The van der Waals surface area contributed by atoms with Crippen molar-refractivity contribution < 1.29 is 19.4 Å². The number of nitrogens with zero attached hydrogens (tertiary/aromatic N) is 1. The number of benzene rings is 2. The van der Waals surface area contributed by atoms with Gasteiger partial charge in [-0.15, -0.1) is 0 Å². The van der Waals surface area contributed by atoms with Gasteiger partial charge in [0.1, 0.15) is 5.82 Å². The number of aromatic nitrogens is 1. The largest absolute Gasteiger partial charge is 0.493 e. The predicted molar refractivity (Wildman–Crippen MR) is 108 cm³/mol. The number of carboxylic acids is 1. The summed E-state index contributed by atoms with van der Waals surface area (Å²) < 4.78 is 10.5. The maximum atomic E-state index is 10.8. The van der Waals surface area contributed by atoms with E-state index in [4.69, 9.17) is 14.6 Å². The molecule has 3 aromatic rings. The van der Waals surface area contributed by atoms with Crippen LogP contribution >= 0.6 is 0 Å². The Bertz CT molecular complexity index is 955. The monoisotopic (exact) mass is 378 g/mol. The first-order chi connectivity index (χ1) is 13.5. The molecule has 0 atom stereocenters. The van der Waals surface area contributed by atoms with Crippen LogP contribution in [0.2, 0.25) is 0 Å². The number of methoxy groups -OCH3 is 1. The van der Waals surface area contributed by atoms with Crippen LogP contribution in [-0.2, 0) is 11.3 Å². The zero-order valence-corrected chi connectivity index (χ0v) is 15.8. The van der Waals surface area contributed by atoms with Crippen molar-refractivity contribution in [2.24, 2.45) is 0 Å². The molecule has 0 bridgehead atoms. The second-order valence-electron chi connectivity index (χ2n) is 6.32. The van der Waals surface area contributed by atoms with E-state index >= 15 is 0 Å². The average Bonchev–Trinajstić information content (AvgIpc) is 2.71. The summed E-state index contributed by atoms with van der Waals surface area (Å²) in [5, 5.41) is 12.1. The third-order valence-corrected chi connectivity index (χ3v) is 4.17. The molecular formula is C22H22N2O4. The van der Waals surface area contributed by atoms with Gasteiger partial charge in [0.05, 0.1) is 7.11 Å². The molecule has 0 saturated carbocycles. The average molecular weight is 378 g/mol. The second kappa shape index (κ2) is 8.90. The van der Waals surface area contributed by atoms with E-state index in [-0.39, 0.29) is 0 Å². The molecule has 0 aliphatic heterocycles. The Morgan fingerprint density at radius 2 is 1.89 bits per heavy atom. The number of carboxylic acid groups (broad SMARTS) is 1. The van der Waals surface area contributed by atoms with E-state index in [0.717, 1.165) is 16.9 Å². The molecule has 28 heavy (non-hydrogen) atoms. The van der Waals surface area contributed by atoms with Crippen LogP contribution in [0.25, 0.3) is 11.1 Å². The van der Waals surface area contributed by atoms with E-state index in [1.807, 2.05) is 24.3 Å². The first-order valence-corrected chi connectivity index (χ1v) is 8.83. The third kappa shape index (κ3) is 5.01. The van der Waals surface area contributed by atoms with Gasteiger partial charge < -0.3 is 19.9 Å². The minimum atomic E-state index is -1.04. The van der Waals surface area contributed by atoms with Gasteiger partial charge in [-0.25, -0.2) is 9.78 Å². The van der Waals surface area contributed by atoms with E-state index in [1.165, 1.54) is 18.2 Å². The maximum absolute atomic E-state index is 10.8. The van der Waals surface area contributed by atoms with Gasteiger partial charge in [-0.1, -0.05) is 35.9 Å². The van der Waals surface area contributed by atoms with Crippen molar-refractivity contribution >= 4 is 11.8 Å². The number of aryl methyl sites for hydroxylation is 1. The van der Waals surface area contributed by atoms with E-state index in [1.54, 1.807) is 18.3 Å². The van der Waals surface area contributed by atoms with Gasteiger partial charge in [-0.2, -0.15) is 0 Å². The third-order valence-electron chi connectivity index (χ3n) is 4.17. The normalized spacial score (nSPS) is 10.4. The summed E-state index contributed by atoms with van der Waals surface area (Å²) >= 11 is 0. The van der Waals surface area contributed by atoms with Gasteiger partial charge in [0.25, 0.3) is 0 Å². The molecule has 0 saturated heterocycles. The molecule has 0 aliphatic rings. The molecule has 144 valence electrons. The Hall–Kier alpha value is -3.54. The summed E-state index contributed by atoms with van der Waals surface area (Å²) in [7, 11) is 1.51. The molecule has 0 unspecified atom stereocenters.